The van der Waals surface area contributed by atoms with Gasteiger partial charge in [-0.15, -0.1) is 0 Å². The van der Waals surface area contributed by atoms with Crippen LogP contribution in [-0.2, 0) is 4.79 Å². The monoisotopic (exact) mass is 478 g/mol. The van der Waals surface area contributed by atoms with Gasteiger partial charge in [0.25, 0.3) is 0 Å². The smallest absolute Gasteiger partial charge is 0.238 e. The molecule has 3 N–H and O–H groups in total. The van der Waals surface area contributed by atoms with Crippen LogP contribution in [0.1, 0.15) is 0 Å². The van der Waals surface area contributed by atoms with Crippen LogP contribution in [0.3, 0.4) is 0 Å². The number of carbonyl (C=O) groups excluding carboxylic acids is 1. The number of para-hydroxylation sites is 1. The highest BCUT2D eigenvalue weighted by Gasteiger charge is 2.17. The maximum Gasteiger partial charge on any atom is 0.238 e. The number of benzene rings is 1. The number of furan rings is 1. The van der Waals surface area contributed by atoms with Gasteiger partial charge in [-0.1, -0.05) is 12.1 Å². The largest absolute Gasteiger partial charge is 0.472 e. The fraction of sp³-hybridized carbons (Fsp3) is 0.115. The average Bonchev–Trinajstić information content (AvgIpc) is 3.62. The van der Waals surface area contributed by atoms with Gasteiger partial charge in [-0.05, 0) is 44.4 Å². The Morgan fingerprint density at radius 1 is 1.03 bits per heavy atom. The molecular weight excluding hydrogens is 456 g/mol. The summed E-state index contributed by atoms with van der Waals surface area (Å²) in [4.78, 5) is 31.3. The van der Waals surface area contributed by atoms with Crippen LogP contribution in [0, 0.1) is 0 Å². The maximum absolute atomic E-state index is 12.2. The van der Waals surface area contributed by atoms with E-state index in [1.165, 1.54) is 0 Å². The molecule has 10 nitrogen and oxygen atoms in total. The highest BCUT2D eigenvalue weighted by atomic mass is 16.3. The van der Waals surface area contributed by atoms with Gasteiger partial charge in [-0.3, -0.25) is 14.9 Å². The number of nitrogens with one attached hydrogen (secondary N) is 3. The Morgan fingerprint density at radius 2 is 1.94 bits per heavy atom. The second-order valence-corrected chi connectivity index (χ2v) is 8.71. The van der Waals surface area contributed by atoms with E-state index in [-0.39, 0.29) is 12.5 Å². The van der Waals surface area contributed by atoms with Crippen molar-refractivity contribution >= 4 is 33.7 Å². The third kappa shape index (κ3) is 3.99. The first-order valence-electron chi connectivity index (χ1n) is 11.3. The lowest BCUT2D eigenvalue weighted by molar-refractivity contribution is -0.116. The molecule has 0 spiro atoms. The minimum Gasteiger partial charge on any atom is -0.472 e. The number of H-pyrrole nitrogens is 2. The van der Waals surface area contributed by atoms with Gasteiger partial charge < -0.3 is 19.6 Å². The number of anilines is 1. The molecule has 0 aliphatic heterocycles. The van der Waals surface area contributed by atoms with Crippen LogP contribution in [0.4, 0.5) is 5.69 Å². The molecule has 0 bridgehead atoms. The summed E-state index contributed by atoms with van der Waals surface area (Å²) in [5, 5.41) is 10.4. The second kappa shape index (κ2) is 8.75. The Kier molecular flexibility index (Phi) is 5.27. The van der Waals surface area contributed by atoms with Gasteiger partial charge in [-0.2, -0.15) is 5.10 Å². The Morgan fingerprint density at radius 3 is 2.78 bits per heavy atom. The van der Waals surface area contributed by atoms with E-state index in [0.717, 1.165) is 33.2 Å². The lowest BCUT2D eigenvalue weighted by atomic mass is 10.1. The minimum absolute atomic E-state index is 0.112. The predicted octanol–water partition coefficient (Wildman–Crippen LogP) is 4.32. The fourth-order valence-corrected chi connectivity index (χ4v) is 4.16. The van der Waals surface area contributed by atoms with Crippen molar-refractivity contribution in [1.29, 1.82) is 0 Å². The van der Waals surface area contributed by atoms with Crippen molar-refractivity contribution in [3.8, 4) is 33.9 Å². The van der Waals surface area contributed by atoms with E-state index in [0.29, 0.717) is 28.4 Å². The zero-order valence-corrected chi connectivity index (χ0v) is 19.6. The molecule has 0 saturated carbocycles. The van der Waals surface area contributed by atoms with Crippen LogP contribution < -0.4 is 5.32 Å². The minimum atomic E-state index is -0.112. The Hall–Kier alpha value is -4.83. The fourth-order valence-electron chi connectivity index (χ4n) is 4.16. The normalized spacial score (nSPS) is 11.5. The number of aromatic nitrogens is 6. The number of carbonyl (C=O) groups is 1. The van der Waals surface area contributed by atoms with Crippen molar-refractivity contribution in [2.24, 2.45) is 0 Å². The standard InChI is InChI=1S/C26H22N8O2/c1-34(2)13-22(35)28-17-10-16(11-27-12-17)19-6-7-21-24(29-19)25(33-32-21)26-30-20-5-3-4-18(23(20)31-26)15-8-9-36-14-15/h3-12,14H,13H2,1-2H3,(H,28,35)(H,30,31)(H,32,33). The van der Waals surface area contributed by atoms with E-state index in [2.05, 4.69) is 25.5 Å². The van der Waals surface area contributed by atoms with Gasteiger partial charge in [0.15, 0.2) is 11.5 Å². The molecule has 36 heavy (non-hydrogen) atoms. The first-order valence-corrected chi connectivity index (χ1v) is 11.3. The molecule has 1 aromatic carbocycles. The summed E-state index contributed by atoms with van der Waals surface area (Å²) in [7, 11) is 3.69. The molecule has 0 radical (unpaired) electrons. The van der Waals surface area contributed by atoms with E-state index in [1.54, 1.807) is 29.8 Å². The number of pyridine rings is 2. The first-order chi connectivity index (χ1) is 17.5. The second-order valence-electron chi connectivity index (χ2n) is 8.71. The molecule has 10 heteroatoms. The van der Waals surface area contributed by atoms with Crippen molar-refractivity contribution in [3.63, 3.8) is 0 Å². The molecule has 178 valence electrons. The lowest BCUT2D eigenvalue weighted by Crippen LogP contribution is -2.27. The van der Waals surface area contributed by atoms with Crippen LogP contribution in [0.5, 0.6) is 0 Å². The van der Waals surface area contributed by atoms with Gasteiger partial charge in [0.1, 0.15) is 5.52 Å². The predicted molar refractivity (Wildman–Crippen MR) is 137 cm³/mol. The zero-order chi connectivity index (χ0) is 24.6. The molecule has 5 aromatic heterocycles. The number of hydrogen-bond acceptors (Lipinski definition) is 7. The van der Waals surface area contributed by atoms with Gasteiger partial charge in [0, 0.05) is 22.9 Å². The summed E-state index contributed by atoms with van der Waals surface area (Å²) < 4.78 is 5.26. The summed E-state index contributed by atoms with van der Waals surface area (Å²) in [6, 6.07) is 13.5. The molecule has 0 unspecified atom stereocenters. The van der Waals surface area contributed by atoms with E-state index in [4.69, 9.17) is 14.4 Å². The molecule has 0 saturated heterocycles. The number of rotatable bonds is 6. The van der Waals surface area contributed by atoms with E-state index < -0.39 is 0 Å². The number of hydrogen-bond donors (Lipinski definition) is 3. The van der Waals surface area contributed by atoms with Crippen LogP contribution in [0.25, 0.3) is 56.0 Å². The SMILES string of the molecule is CN(C)CC(=O)Nc1cncc(-c2ccc3[nH]nc(-c4nc5c(-c6ccoc6)cccc5[nH]4)c3n2)c1. The van der Waals surface area contributed by atoms with Gasteiger partial charge in [-0.25, -0.2) is 9.97 Å². The number of aromatic amines is 2. The number of imidazole rings is 1. The Bertz CT molecular complexity index is 1700. The molecule has 6 aromatic rings. The topological polar surface area (TPSA) is 129 Å². The molecule has 6 rings (SSSR count). The van der Waals surface area contributed by atoms with Gasteiger partial charge in [0.2, 0.25) is 5.91 Å². The van der Waals surface area contributed by atoms with Crippen molar-refractivity contribution in [2.75, 3.05) is 26.0 Å². The third-order valence-electron chi connectivity index (χ3n) is 5.75. The summed E-state index contributed by atoms with van der Waals surface area (Å²) in [5.74, 6) is 0.499. The van der Waals surface area contributed by atoms with Crippen LogP contribution in [0.2, 0.25) is 0 Å². The van der Waals surface area contributed by atoms with Crippen LogP contribution in [-0.4, -0.2) is 61.6 Å². The molecular formula is C26H22N8O2. The zero-order valence-electron chi connectivity index (χ0n) is 19.6. The quantitative estimate of drug-likeness (QED) is 0.325. The molecule has 0 atom stereocenters. The maximum atomic E-state index is 12.2. The molecule has 1 amide bonds. The van der Waals surface area contributed by atoms with E-state index in [9.17, 15) is 4.79 Å². The van der Waals surface area contributed by atoms with Crippen LogP contribution >= 0.6 is 0 Å². The number of nitrogens with zero attached hydrogens (tertiary/aromatic N) is 5. The summed E-state index contributed by atoms with van der Waals surface area (Å²) in [6.45, 7) is 0.284. The Balaban J connectivity index is 1.38. The highest BCUT2D eigenvalue weighted by molar-refractivity contribution is 5.96. The summed E-state index contributed by atoms with van der Waals surface area (Å²) >= 11 is 0. The number of amides is 1. The van der Waals surface area contributed by atoms with Crippen molar-refractivity contribution in [3.05, 3.63) is 67.4 Å². The summed E-state index contributed by atoms with van der Waals surface area (Å²) in [5.41, 5.74) is 7.81. The molecule has 5 heterocycles. The van der Waals surface area contributed by atoms with Crippen molar-refractivity contribution in [1.82, 2.24) is 35.0 Å². The highest BCUT2D eigenvalue weighted by Crippen LogP contribution is 2.32. The number of fused-ring (bicyclic) bond motifs is 2. The van der Waals surface area contributed by atoms with Crippen LogP contribution in [0.15, 0.2) is 71.8 Å². The van der Waals surface area contributed by atoms with Gasteiger partial charge >= 0.3 is 0 Å². The van der Waals surface area contributed by atoms with Gasteiger partial charge in [0.05, 0.1) is 53.2 Å². The summed E-state index contributed by atoms with van der Waals surface area (Å²) in [6.07, 6.45) is 6.68. The lowest BCUT2D eigenvalue weighted by Gasteiger charge is -2.10. The van der Waals surface area contributed by atoms with E-state index >= 15 is 0 Å². The molecule has 0 aliphatic rings. The van der Waals surface area contributed by atoms with Crippen molar-refractivity contribution in [2.45, 2.75) is 0 Å². The Labute approximate surface area is 205 Å². The van der Waals surface area contributed by atoms with E-state index in [1.807, 2.05) is 56.6 Å². The third-order valence-corrected chi connectivity index (χ3v) is 5.75. The molecule has 0 fully saturated rings. The average molecular weight is 479 g/mol. The number of likely N-dealkylation sites (N-methyl/N-ethyl adjacent to an activating group) is 1. The molecule has 0 aliphatic carbocycles. The first kappa shape index (κ1) is 21.7. The van der Waals surface area contributed by atoms with Crippen molar-refractivity contribution < 1.29 is 9.21 Å².